The van der Waals surface area contributed by atoms with Gasteiger partial charge in [0, 0.05) is 11.6 Å². The van der Waals surface area contributed by atoms with Crippen LogP contribution in [-0.2, 0) is 0 Å². The Bertz CT molecular complexity index is 814. The number of hydrogen-bond acceptors (Lipinski definition) is 5. The van der Waals surface area contributed by atoms with Crippen molar-refractivity contribution in [3.05, 3.63) is 53.6 Å². The van der Waals surface area contributed by atoms with Gasteiger partial charge in [0.1, 0.15) is 11.9 Å². The molecular weight excluding hydrogens is 374 g/mol. The molecule has 0 amide bonds. The Morgan fingerprint density at radius 1 is 0.967 bits per heavy atom. The number of benzene rings is 2. The quantitative estimate of drug-likeness (QED) is 0.373. The standard InChI is InChI=1S/C25H37N3O2/c1-5-7-15-28(16-8-6-2)18(3)19(4)30-24-12-10-9-11-21(24)25(29)20-13-14-22(26)23(27)17-20/h9-14,17-19H,5-8,15-16,26-27H2,1-4H3. The maximum atomic E-state index is 13.1. The van der Waals surface area contributed by atoms with E-state index in [0.717, 1.165) is 13.1 Å². The number of ketones is 1. The van der Waals surface area contributed by atoms with Crippen LogP contribution in [0.15, 0.2) is 42.5 Å². The van der Waals surface area contributed by atoms with Gasteiger partial charge < -0.3 is 16.2 Å². The van der Waals surface area contributed by atoms with Gasteiger partial charge in [-0.3, -0.25) is 9.69 Å². The van der Waals surface area contributed by atoms with Gasteiger partial charge in [0.15, 0.2) is 5.78 Å². The molecule has 2 rings (SSSR count). The largest absolute Gasteiger partial charge is 0.488 e. The Morgan fingerprint density at radius 3 is 2.20 bits per heavy atom. The first-order valence-electron chi connectivity index (χ1n) is 11.1. The average molecular weight is 412 g/mol. The van der Waals surface area contributed by atoms with Gasteiger partial charge in [0.05, 0.1) is 16.9 Å². The average Bonchev–Trinajstić information content (AvgIpc) is 2.75. The molecule has 0 saturated heterocycles. The molecular formula is C25H37N3O2. The second-order valence-corrected chi connectivity index (χ2v) is 7.98. The minimum absolute atomic E-state index is 0.0517. The third-order valence-corrected chi connectivity index (χ3v) is 5.65. The fraction of sp³-hybridized carbons (Fsp3) is 0.480. The fourth-order valence-corrected chi connectivity index (χ4v) is 3.47. The van der Waals surface area contributed by atoms with E-state index in [1.165, 1.54) is 25.7 Å². The zero-order chi connectivity index (χ0) is 22.1. The lowest BCUT2D eigenvalue weighted by Gasteiger charge is -2.33. The highest BCUT2D eigenvalue weighted by molar-refractivity contribution is 6.11. The number of para-hydroxylation sites is 1. The lowest BCUT2D eigenvalue weighted by Crippen LogP contribution is -2.44. The van der Waals surface area contributed by atoms with Crippen molar-refractivity contribution in [3.8, 4) is 5.75 Å². The molecule has 0 radical (unpaired) electrons. The molecule has 2 unspecified atom stereocenters. The van der Waals surface area contributed by atoms with Crippen LogP contribution in [0.2, 0.25) is 0 Å². The Kier molecular flexibility index (Phi) is 9.18. The number of carbonyl (C=O) groups is 1. The fourth-order valence-electron chi connectivity index (χ4n) is 3.47. The van der Waals surface area contributed by atoms with Crippen molar-refractivity contribution < 1.29 is 9.53 Å². The van der Waals surface area contributed by atoms with Gasteiger partial charge in [-0.25, -0.2) is 0 Å². The molecule has 30 heavy (non-hydrogen) atoms. The number of ether oxygens (including phenoxy) is 1. The molecule has 0 heterocycles. The van der Waals surface area contributed by atoms with Crippen molar-refractivity contribution in [3.63, 3.8) is 0 Å². The van der Waals surface area contributed by atoms with Crippen LogP contribution in [0.5, 0.6) is 5.75 Å². The van der Waals surface area contributed by atoms with E-state index in [-0.39, 0.29) is 17.9 Å². The number of anilines is 2. The molecule has 2 aromatic rings. The molecule has 2 aromatic carbocycles. The molecule has 0 aliphatic heterocycles. The second kappa shape index (κ2) is 11.6. The third-order valence-electron chi connectivity index (χ3n) is 5.65. The molecule has 0 saturated carbocycles. The van der Waals surface area contributed by atoms with E-state index in [0.29, 0.717) is 28.3 Å². The van der Waals surface area contributed by atoms with Gasteiger partial charge in [-0.15, -0.1) is 0 Å². The molecule has 164 valence electrons. The normalized spacial score (nSPS) is 13.2. The van der Waals surface area contributed by atoms with Crippen LogP contribution in [0, 0.1) is 0 Å². The van der Waals surface area contributed by atoms with Crippen LogP contribution in [0.4, 0.5) is 11.4 Å². The summed E-state index contributed by atoms with van der Waals surface area (Å²) in [4.78, 5) is 15.6. The maximum absolute atomic E-state index is 13.1. The van der Waals surface area contributed by atoms with E-state index in [1.807, 2.05) is 18.2 Å². The molecule has 0 bridgehead atoms. The molecule has 0 spiro atoms. The van der Waals surface area contributed by atoms with Crippen molar-refractivity contribution in [2.75, 3.05) is 24.6 Å². The highest BCUT2D eigenvalue weighted by atomic mass is 16.5. The molecule has 0 aromatic heterocycles. The van der Waals surface area contributed by atoms with Crippen LogP contribution in [0.3, 0.4) is 0 Å². The number of rotatable bonds is 12. The summed E-state index contributed by atoms with van der Waals surface area (Å²) in [5.74, 6) is 0.481. The van der Waals surface area contributed by atoms with E-state index in [9.17, 15) is 4.79 Å². The van der Waals surface area contributed by atoms with Gasteiger partial charge in [-0.1, -0.05) is 38.8 Å². The van der Waals surface area contributed by atoms with Gasteiger partial charge in [-0.05, 0) is 70.1 Å². The summed E-state index contributed by atoms with van der Waals surface area (Å²) in [6.45, 7) is 10.9. The summed E-state index contributed by atoms with van der Waals surface area (Å²) < 4.78 is 6.33. The number of unbranched alkanes of at least 4 members (excludes halogenated alkanes) is 2. The summed E-state index contributed by atoms with van der Waals surface area (Å²) in [5, 5.41) is 0. The minimum Gasteiger partial charge on any atom is -0.488 e. The molecule has 0 aliphatic carbocycles. The number of nitrogens with two attached hydrogens (primary N) is 2. The van der Waals surface area contributed by atoms with Crippen molar-refractivity contribution in [2.24, 2.45) is 0 Å². The Labute approximate surface area is 181 Å². The molecule has 5 nitrogen and oxygen atoms in total. The zero-order valence-corrected chi connectivity index (χ0v) is 18.9. The highest BCUT2D eigenvalue weighted by Crippen LogP contribution is 2.26. The maximum Gasteiger partial charge on any atom is 0.196 e. The number of carbonyl (C=O) groups excluding carboxylic acids is 1. The SMILES string of the molecule is CCCCN(CCCC)C(C)C(C)Oc1ccccc1C(=O)c1ccc(N)c(N)c1. The van der Waals surface area contributed by atoms with E-state index < -0.39 is 0 Å². The van der Waals surface area contributed by atoms with Crippen LogP contribution < -0.4 is 16.2 Å². The van der Waals surface area contributed by atoms with Crippen LogP contribution in [-0.4, -0.2) is 35.9 Å². The Hall–Kier alpha value is -2.53. The Balaban J connectivity index is 2.19. The number of hydrogen-bond donors (Lipinski definition) is 2. The van der Waals surface area contributed by atoms with Crippen molar-refractivity contribution in [1.29, 1.82) is 0 Å². The number of nitrogens with zero attached hydrogens (tertiary/aromatic N) is 1. The lowest BCUT2D eigenvalue weighted by atomic mass is 10.0. The van der Waals surface area contributed by atoms with E-state index in [4.69, 9.17) is 16.2 Å². The van der Waals surface area contributed by atoms with Crippen molar-refractivity contribution >= 4 is 17.2 Å². The molecule has 0 fully saturated rings. The van der Waals surface area contributed by atoms with Crippen LogP contribution in [0.25, 0.3) is 0 Å². The van der Waals surface area contributed by atoms with Crippen molar-refractivity contribution in [1.82, 2.24) is 4.90 Å². The highest BCUT2D eigenvalue weighted by Gasteiger charge is 2.23. The van der Waals surface area contributed by atoms with Crippen LogP contribution >= 0.6 is 0 Å². The summed E-state index contributed by atoms with van der Waals surface area (Å²) in [6.07, 6.45) is 4.64. The monoisotopic (exact) mass is 411 g/mol. The van der Waals surface area contributed by atoms with Crippen LogP contribution in [0.1, 0.15) is 69.3 Å². The minimum atomic E-state index is -0.119. The molecule has 2 atom stereocenters. The van der Waals surface area contributed by atoms with Gasteiger partial charge in [-0.2, -0.15) is 0 Å². The van der Waals surface area contributed by atoms with E-state index in [2.05, 4.69) is 32.6 Å². The summed E-state index contributed by atoms with van der Waals surface area (Å²) in [5.41, 5.74) is 13.6. The van der Waals surface area contributed by atoms with Gasteiger partial charge >= 0.3 is 0 Å². The molecule has 5 heteroatoms. The topological polar surface area (TPSA) is 81.6 Å². The van der Waals surface area contributed by atoms with E-state index in [1.54, 1.807) is 24.3 Å². The summed E-state index contributed by atoms with van der Waals surface area (Å²) in [6, 6.07) is 12.6. The first-order valence-corrected chi connectivity index (χ1v) is 11.1. The summed E-state index contributed by atoms with van der Waals surface area (Å²) >= 11 is 0. The zero-order valence-electron chi connectivity index (χ0n) is 18.9. The Morgan fingerprint density at radius 2 is 1.60 bits per heavy atom. The summed E-state index contributed by atoms with van der Waals surface area (Å²) in [7, 11) is 0. The molecule has 0 aliphatic rings. The first-order chi connectivity index (χ1) is 14.4. The van der Waals surface area contributed by atoms with Gasteiger partial charge in [0.25, 0.3) is 0 Å². The lowest BCUT2D eigenvalue weighted by molar-refractivity contribution is 0.0831. The second-order valence-electron chi connectivity index (χ2n) is 7.98. The predicted octanol–water partition coefficient (Wildman–Crippen LogP) is 5.14. The van der Waals surface area contributed by atoms with Gasteiger partial charge in [0.2, 0.25) is 0 Å². The first kappa shape index (κ1) is 23.7. The van der Waals surface area contributed by atoms with Crippen molar-refractivity contribution in [2.45, 2.75) is 65.5 Å². The molecule has 4 N–H and O–H groups in total. The number of nitrogen functional groups attached to an aromatic ring is 2. The third kappa shape index (κ3) is 6.23. The smallest absolute Gasteiger partial charge is 0.196 e. The predicted molar refractivity (Wildman–Crippen MR) is 126 cm³/mol. The van der Waals surface area contributed by atoms with E-state index >= 15 is 0 Å².